The normalized spacial score (nSPS) is 12.0. The molecule has 0 saturated carbocycles. The van der Waals surface area contributed by atoms with Crippen molar-refractivity contribution >= 4 is 5.96 Å². The van der Waals surface area contributed by atoms with Gasteiger partial charge in [0.05, 0.1) is 6.20 Å². The highest BCUT2D eigenvalue weighted by atomic mass is 15.3. The summed E-state index contributed by atoms with van der Waals surface area (Å²) in [5.74, 6) is 1.62. The molecular weight excluding hydrogens is 262 g/mol. The van der Waals surface area contributed by atoms with E-state index in [0.717, 1.165) is 38.6 Å². The Kier molecular flexibility index (Phi) is 8.55. The number of hydrogen-bond acceptors (Lipinski definition) is 2. The van der Waals surface area contributed by atoms with Gasteiger partial charge in [0.25, 0.3) is 0 Å². The van der Waals surface area contributed by atoms with Gasteiger partial charge in [-0.25, -0.2) is 0 Å². The molecule has 1 rings (SSSR count). The van der Waals surface area contributed by atoms with E-state index in [1.54, 1.807) is 0 Å². The van der Waals surface area contributed by atoms with E-state index in [0.29, 0.717) is 5.92 Å². The molecule has 1 heterocycles. The number of guanidine groups is 1. The molecule has 0 aliphatic heterocycles. The Morgan fingerprint density at radius 1 is 1.29 bits per heavy atom. The maximum atomic E-state index is 4.68. The molecule has 0 bridgehead atoms. The van der Waals surface area contributed by atoms with Crippen molar-refractivity contribution in [1.82, 2.24) is 20.4 Å². The maximum Gasteiger partial charge on any atom is 0.191 e. The van der Waals surface area contributed by atoms with Crippen molar-refractivity contribution in [2.75, 3.05) is 19.6 Å². The highest BCUT2D eigenvalue weighted by Gasteiger charge is 2.03. The zero-order chi connectivity index (χ0) is 15.5. The SMILES string of the molecule is CCNC(=NCC(CC)CC)NCCCn1cc(C)cn1. The predicted molar refractivity (Wildman–Crippen MR) is 89.6 cm³/mol. The summed E-state index contributed by atoms with van der Waals surface area (Å²) in [7, 11) is 0. The van der Waals surface area contributed by atoms with Crippen molar-refractivity contribution in [3.63, 3.8) is 0 Å². The molecule has 0 aliphatic rings. The molecule has 0 atom stereocenters. The van der Waals surface area contributed by atoms with E-state index in [-0.39, 0.29) is 0 Å². The molecule has 1 aromatic heterocycles. The van der Waals surface area contributed by atoms with Crippen LogP contribution in [0.2, 0.25) is 0 Å². The topological polar surface area (TPSA) is 54.2 Å². The maximum absolute atomic E-state index is 4.68. The van der Waals surface area contributed by atoms with Crippen LogP contribution in [0.3, 0.4) is 0 Å². The molecule has 1 aromatic rings. The monoisotopic (exact) mass is 293 g/mol. The molecule has 5 nitrogen and oxygen atoms in total. The van der Waals surface area contributed by atoms with E-state index in [1.807, 2.05) is 10.9 Å². The zero-order valence-corrected chi connectivity index (χ0v) is 14.0. The summed E-state index contributed by atoms with van der Waals surface area (Å²) >= 11 is 0. The fourth-order valence-corrected chi connectivity index (χ4v) is 2.15. The lowest BCUT2D eigenvalue weighted by molar-refractivity contribution is 0.503. The average Bonchev–Trinajstić information content (AvgIpc) is 2.90. The van der Waals surface area contributed by atoms with Gasteiger partial charge in [0.15, 0.2) is 5.96 Å². The van der Waals surface area contributed by atoms with Gasteiger partial charge < -0.3 is 10.6 Å². The molecule has 5 heteroatoms. The van der Waals surface area contributed by atoms with E-state index in [1.165, 1.54) is 18.4 Å². The van der Waals surface area contributed by atoms with Gasteiger partial charge >= 0.3 is 0 Å². The van der Waals surface area contributed by atoms with Crippen molar-refractivity contribution in [3.05, 3.63) is 18.0 Å². The first kappa shape index (κ1) is 17.5. The van der Waals surface area contributed by atoms with Crippen LogP contribution in [0.15, 0.2) is 17.4 Å². The minimum Gasteiger partial charge on any atom is -0.357 e. The van der Waals surface area contributed by atoms with Gasteiger partial charge in [-0.15, -0.1) is 0 Å². The summed E-state index contributed by atoms with van der Waals surface area (Å²) in [5, 5.41) is 11.0. The zero-order valence-electron chi connectivity index (χ0n) is 14.0. The van der Waals surface area contributed by atoms with E-state index in [4.69, 9.17) is 0 Å². The van der Waals surface area contributed by atoms with Crippen LogP contribution >= 0.6 is 0 Å². The largest absolute Gasteiger partial charge is 0.357 e. The highest BCUT2D eigenvalue weighted by Crippen LogP contribution is 2.07. The molecule has 0 radical (unpaired) electrons. The lowest BCUT2D eigenvalue weighted by Crippen LogP contribution is -2.38. The smallest absolute Gasteiger partial charge is 0.191 e. The Hall–Kier alpha value is -1.52. The van der Waals surface area contributed by atoms with Crippen molar-refractivity contribution in [3.8, 4) is 0 Å². The molecule has 0 aliphatic carbocycles. The van der Waals surface area contributed by atoms with Gasteiger partial charge in [0.1, 0.15) is 0 Å². The van der Waals surface area contributed by atoms with Crippen molar-refractivity contribution in [1.29, 1.82) is 0 Å². The summed E-state index contributed by atoms with van der Waals surface area (Å²) in [6.07, 6.45) is 7.40. The molecule has 21 heavy (non-hydrogen) atoms. The van der Waals surface area contributed by atoms with Crippen LogP contribution in [0.1, 0.15) is 45.6 Å². The Balaban J connectivity index is 2.31. The van der Waals surface area contributed by atoms with Gasteiger partial charge in [-0.05, 0) is 31.7 Å². The van der Waals surface area contributed by atoms with E-state index in [2.05, 4.69) is 54.6 Å². The van der Waals surface area contributed by atoms with Crippen LogP contribution in [-0.4, -0.2) is 35.4 Å². The summed E-state index contributed by atoms with van der Waals surface area (Å²) in [5.41, 5.74) is 1.21. The van der Waals surface area contributed by atoms with Crippen LogP contribution in [0, 0.1) is 12.8 Å². The third-order valence-corrected chi connectivity index (χ3v) is 3.63. The molecule has 0 unspecified atom stereocenters. The molecule has 0 aromatic carbocycles. The van der Waals surface area contributed by atoms with Crippen LogP contribution < -0.4 is 10.6 Å². The van der Waals surface area contributed by atoms with Crippen molar-refractivity contribution < 1.29 is 0 Å². The number of aryl methyl sites for hydroxylation is 2. The summed E-state index contributed by atoms with van der Waals surface area (Å²) in [6, 6.07) is 0. The van der Waals surface area contributed by atoms with Gasteiger partial charge in [0.2, 0.25) is 0 Å². The van der Waals surface area contributed by atoms with Gasteiger partial charge in [-0.3, -0.25) is 9.67 Å². The van der Waals surface area contributed by atoms with Gasteiger partial charge in [0, 0.05) is 32.4 Å². The molecule has 0 spiro atoms. The number of nitrogens with zero attached hydrogens (tertiary/aromatic N) is 3. The first-order valence-electron chi connectivity index (χ1n) is 8.20. The second-order valence-electron chi connectivity index (χ2n) is 5.46. The summed E-state index contributed by atoms with van der Waals surface area (Å²) in [4.78, 5) is 4.68. The minimum absolute atomic E-state index is 0.688. The van der Waals surface area contributed by atoms with E-state index < -0.39 is 0 Å². The highest BCUT2D eigenvalue weighted by molar-refractivity contribution is 5.79. The first-order chi connectivity index (χ1) is 10.2. The fourth-order valence-electron chi connectivity index (χ4n) is 2.15. The van der Waals surface area contributed by atoms with Gasteiger partial charge in [-0.2, -0.15) is 5.10 Å². The second-order valence-corrected chi connectivity index (χ2v) is 5.46. The Morgan fingerprint density at radius 3 is 2.62 bits per heavy atom. The Morgan fingerprint density at radius 2 is 2.05 bits per heavy atom. The number of hydrogen-bond donors (Lipinski definition) is 2. The predicted octanol–water partition coefficient (Wildman–Crippen LogP) is 2.57. The van der Waals surface area contributed by atoms with Gasteiger partial charge in [-0.1, -0.05) is 26.7 Å². The fraction of sp³-hybridized carbons (Fsp3) is 0.750. The lowest BCUT2D eigenvalue weighted by atomic mass is 10.0. The molecule has 0 saturated heterocycles. The number of aromatic nitrogens is 2. The van der Waals surface area contributed by atoms with Crippen LogP contribution in [0.5, 0.6) is 0 Å². The summed E-state index contributed by atoms with van der Waals surface area (Å²) in [6.45, 7) is 12.3. The Labute approximate surface area is 129 Å². The number of rotatable bonds is 9. The molecule has 120 valence electrons. The van der Waals surface area contributed by atoms with Crippen LogP contribution in [-0.2, 0) is 6.54 Å². The number of aliphatic imine (C=N–C) groups is 1. The third kappa shape index (κ3) is 7.16. The van der Waals surface area contributed by atoms with E-state index >= 15 is 0 Å². The average molecular weight is 293 g/mol. The minimum atomic E-state index is 0.688. The van der Waals surface area contributed by atoms with Crippen molar-refractivity contribution in [2.24, 2.45) is 10.9 Å². The van der Waals surface area contributed by atoms with Crippen LogP contribution in [0.25, 0.3) is 0 Å². The molecular formula is C16H31N5. The molecule has 0 fully saturated rings. The summed E-state index contributed by atoms with van der Waals surface area (Å²) < 4.78 is 1.99. The van der Waals surface area contributed by atoms with Crippen molar-refractivity contribution in [2.45, 2.75) is 53.5 Å². The first-order valence-corrected chi connectivity index (χ1v) is 8.20. The lowest BCUT2D eigenvalue weighted by Gasteiger charge is -2.14. The quantitative estimate of drug-likeness (QED) is 0.418. The number of nitrogens with one attached hydrogen (secondary N) is 2. The third-order valence-electron chi connectivity index (χ3n) is 3.63. The second kappa shape index (κ2) is 10.2. The van der Waals surface area contributed by atoms with Crippen LogP contribution in [0.4, 0.5) is 0 Å². The van der Waals surface area contributed by atoms with E-state index in [9.17, 15) is 0 Å². The standard InChI is InChI=1S/C16H31N5/c1-5-15(6-2)12-19-16(17-7-3)18-9-8-10-21-13-14(4)11-20-21/h11,13,15H,5-10,12H2,1-4H3,(H2,17,18,19). The molecule has 2 N–H and O–H groups in total. The molecule has 0 amide bonds. The Bertz CT molecular complexity index is 407.